The molecule has 0 spiro atoms. The lowest BCUT2D eigenvalue weighted by atomic mass is 9.95. The molecule has 146 valence electrons. The van der Waals surface area contributed by atoms with E-state index in [4.69, 9.17) is 0 Å². The van der Waals surface area contributed by atoms with Gasteiger partial charge in [-0.15, -0.1) is 12.4 Å². The molecule has 2 atom stereocenters. The zero-order valence-corrected chi connectivity index (χ0v) is 17.3. The van der Waals surface area contributed by atoms with E-state index in [1.54, 1.807) is 0 Å². The zero-order valence-electron chi connectivity index (χ0n) is 16.4. The molecule has 1 aromatic carbocycles. The summed E-state index contributed by atoms with van der Waals surface area (Å²) in [5, 5.41) is 6.46. The number of halogens is 1. The molecule has 0 aromatic heterocycles. The van der Waals surface area contributed by atoms with Crippen LogP contribution in [0.4, 0.5) is 0 Å². The van der Waals surface area contributed by atoms with Gasteiger partial charge in [0.15, 0.2) is 0 Å². The molecular weight excluding hydrogens is 346 g/mol. The maximum Gasteiger partial charge on any atom is 0.237 e. The minimum Gasteiger partial charge on any atom is -0.354 e. The number of benzene rings is 1. The van der Waals surface area contributed by atoms with Crippen LogP contribution in [0.25, 0.3) is 0 Å². The lowest BCUT2D eigenvalue weighted by Crippen LogP contribution is -2.45. The van der Waals surface area contributed by atoms with Gasteiger partial charge < -0.3 is 10.6 Å². The van der Waals surface area contributed by atoms with Crippen molar-refractivity contribution in [1.29, 1.82) is 0 Å². The highest BCUT2D eigenvalue weighted by Gasteiger charge is 2.24. The molecule has 0 aliphatic carbocycles. The highest BCUT2D eigenvalue weighted by atomic mass is 35.5. The van der Waals surface area contributed by atoms with E-state index in [0.717, 1.165) is 39.0 Å². The number of likely N-dealkylation sites (tertiary alicyclic amines) is 1. The molecule has 1 aromatic rings. The Kier molecular flexibility index (Phi) is 7.93. The van der Waals surface area contributed by atoms with Crippen molar-refractivity contribution in [2.75, 3.05) is 26.2 Å². The molecule has 0 radical (unpaired) electrons. The van der Waals surface area contributed by atoms with Gasteiger partial charge in [-0.2, -0.15) is 0 Å². The van der Waals surface area contributed by atoms with Gasteiger partial charge in [0.05, 0.1) is 6.04 Å². The van der Waals surface area contributed by atoms with Crippen LogP contribution in [0.15, 0.2) is 12.1 Å². The SMILES string of the molecule is Cc1cc(C)c(CN2CCCC(CNC(=O)C3CCCN3)C2)cc1C.Cl. The number of nitrogens with one attached hydrogen (secondary N) is 2. The van der Waals surface area contributed by atoms with Gasteiger partial charge in [-0.3, -0.25) is 9.69 Å². The molecule has 0 saturated carbocycles. The summed E-state index contributed by atoms with van der Waals surface area (Å²) in [5.41, 5.74) is 5.60. The smallest absolute Gasteiger partial charge is 0.237 e. The molecule has 2 heterocycles. The molecule has 2 unspecified atom stereocenters. The fourth-order valence-electron chi connectivity index (χ4n) is 4.17. The minimum absolute atomic E-state index is 0. The van der Waals surface area contributed by atoms with Crippen LogP contribution >= 0.6 is 12.4 Å². The van der Waals surface area contributed by atoms with Gasteiger partial charge >= 0.3 is 0 Å². The summed E-state index contributed by atoms with van der Waals surface area (Å²) in [6, 6.07) is 4.70. The van der Waals surface area contributed by atoms with Crippen molar-refractivity contribution in [1.82, 2.24) is 15.5 Å². The van der Waals surface area contributed by atoms with E-state index >= 15 is 0 Å². The number of rotatable bonds is 5. The summed E-state index contributed by atoms with van der Waals surface area (Å²) in [6.07, 6.45) is 4.55. The maximum absolute atomic E-state index is 12.2. The quantitative estimate of drug-likeness (QED) is 0.826. The molecule has 2 fully saturated rings. The number of hydrogen-bond acceptors (Lipinski definition) is 3. The van der Waals surface area contributed by atoms with Gasteiger partial charge in [0.1, 0.15) is 0 Å². The van der Waals surface area contributed by atoms with Gasteiger partial charge in [-0.25, -0.2) is 0 Å². The van der Waals surface area contributed by atoms with Gasteiger partial charge in [-0.1, -0.05) is 12.1 Å². The third-order valence-corrected chi connectivity index (χ3v) is 5.89. The Balaban J connectivity index is 0.00000243. The van der Waals surface area contributed by atoms with E-state index in [0.29, 0.717) is 5.92 Å². The second-order valence-electron chi connectivity index (χ2n) is 8.00. The molecule has 2 saturated heterocycles. The van der Waals surface area contributed by atoms with Crippen molar-refractivity contribution in [2.45, 2.75) is 59.0 Å². The van der Waals surface area contributed by atoms with E-state index in [1.165, 1.54) is 41.6 Å². The standard InChI is InChI=1S/C21H33N3O.ClH/c1-15-10-17(3)19(11-16(15)2)14-24-9-5-6-18(13-24)12-23-21(25)20-7-4-8-22-20;/h10-11,18,20,22H,4-9,12-14H2,1-3H3,(H,23,25);1H. The molecule has 26 heavy (non-hydrogen) atoms. The number of carbonyl (C=O) groups excluding carboxylic acids is 1. The number of amides is 1. The third-order valence-electron chi connectivity index (χ3n) is 5.89. The van der Waals surface area contributed by atoms with E-state index in [9.17, 15) is 4.79 Å². The van der Waals surface area contributed by atoms with Crippen LogP contribution < -0.4 is 10.6 Å². The molecule has 4 nitrogen and oxygen atoms in total. The average Bonchev–Trinajstić information content (AvgIpc) is 3.13. The van der Waals surface area contributed by atoms with Crippen LogP contribution in [-0.4, -0.2) is 43.0 Å². The van der Waals surface area contributed by atoms with Crippen LogP contribution in [0, 0.1) is 26.7 Å². The minimum atomic E-state index is 0. The lowest BCUT2D eigenvalue weighted by Gasteiger charge is -2.33. The Labute approximate surface area is 164 Å². The van der Waals surface area contributed by atoms with Gasteiger partial charge in [-0.05, 0) is 87.7 Å². The van der Waals surface area contributed by atoms with Crippen molar-refractivity contribution in [2.24, 2.45) is 5.92 Å². The molecule has 2 N–H and O–H groups in total. The number of aryl methyl sites for hydroxylation is 3. The first-order valence-corrected chi connectivity index (χ1v) is 9.83. The first kappa shape index (κ1) is 21.2. The summed E-state index contributed by atoms with van der Waals surface area (Å²) < 4.78 is 0. The van der Waals surface area contributed by atoms with Crippen LogP contribution in [0.1, 0.15) is 47.9 Å². The van der Waals surface area contributed by atoms with Crippen molar-refractivity contribution >= 4 is 18.3 Å². The molecule has 3 rings (SSSR count). The predicted octanol–water partition coefficient (Wildman–Crippen LogP) is 3.11. The summed E-state index contributed by atoms with van der Waals surface area (Å²) in [7, 11) is 0. The number of piperidine rings is 1. The fourth-order valence-corrected chi connectivity index (χ4v) is 4.17. The molecule has 1 amide bonds. The number of hydrogen-bond donors (Lipinski definition) is 2. The Morgan fingerprint density at radius 1 is 1.15 bits per heavy atom. The molecule has 0 bridgehead atoms. The fraction of sp³-hybridized carbons (Fsp3) is 0.667. The Morgan fingerprint density at radius 3 is 2.65 bits per heavy atom. The van der Waals surface area contributed by atoms with Crippen molar-refractivity contribution in [3.05, 3.63) is 34.4 Å². The van der Waals surface area contributed by atoms with E-state index < -0.39 is 0 Å². The van der Waals surface area contributed by atoms with Crippen molar-refractivity contribution < 1.29 is 4.79 Å². The molecule has 2 aliphatic heterocycles. The lowest BCUT2D eigenvalue weighted by molar-refractivity contribution is -0.123. The molecule has 5 heteroatoms. The maximum atomic E-state index is 12.2. The van der Waals surface area contributed by atoms with Crippen LogP contribution in [-0.2, 0) is 11.3 Å². The predicted molar refractivity (Wildman–Crippen MR) is 110 cm³/mol. The average molecular weight is 380 g/mol. The summed E-state index contributed by atoms with van der Waals surface area (Å²) in [6.45, 7) is 11.7. The van der Waals surface area contributed by atoms with Crippen LogP contribution in [0.3, 0.4) is 0 Å². The summed E-state index contributed by atoms with van der Waals surface area (Å²) in [5.74, 6) is 0.769. The Hall–Kier alpha value is -1.10. The van der Waals surface area contributed by atoms with E-state index in [1.807, 2.05) is 0 Å². The molecule has 2 aliphatic rings. The topological polar surface area (TPSA) is 44.4 Å². The van der Waals surface area contributed by atoms with Crippen LogP contribution in [0.2, 0.25) is 0 Å². The van der Waals surface area contributed by atoms with Gasteiger partial charge in [0.2, 0.25) is 5.91 Å². The second-order valence-corrected chi connectivity index (χ2v) is 8.00. The molecular formula is C21H34ClN3O. The third kappa shape index (κ3) is 5.45. The van der Waals surface area contributed by atoms with Gasteiger partial charge in [0, 0.05) is 19.6 Å². The van der Waals surface area contributed by atoms with Crippen LogP contribution in [0.5, 0.6) is 0 Å². The Bertz CT molecular complexity index is 614. The number of nitrogens with zero attached hydrogens (tertiary/aromatic N) is 1. The van der Waals surface area contributed by atoms with Crippen molar-refractivity contribution in [3.8, 4) is 0 Å². The van der Waals surface area contributed by atoms with Gasteiger partial charge in [0.25, 0.3) is 0 Å². The highest BCUT2D eigenvalue weighted by molar-refractivity contribution is 5.85. The monoisotopic (exact) mass is 379 g/mol. The largest absolute Gasteiger partial charge is 0.354 e. The summed E-state index contributed by atoms with van der Waals surface area (Å²) in [4.78, 5) is 14.7. The second kappa shape index (κ2) is 9.72. The summed E-state index contributed by atoms with van der Waals surface area (Å²) >= 11 is 0. The van der Waals surface area contributed by atoms with Crippen molar-refractivity contribution in [3.63, 3.8) is 0 Å². The first-order chi connectivity index (χ1) is 12.0. The first-order valence-electron chi connectivity index (χ1n) is 9.83. The highest BCUT2D eigenvalue weighted by Crippen LogP contribution is 2.21. The number of carbonyl (C=O) groups is 1. The van der Waals surface area contributed by atoms with E-state index in [2.05, 4.69) is 48.4 Å². The normalized spacial score (nSPS) is 23.5. The Morgan fingerprint density at radius 2 is 1.92 bits per heavy atom. The van der Waals surface area contributed by atoms with E-state index in [-0.39, 0.29) is 24.4 Å². The zero-order chi connectivity index (χ0) is 17.8.